The van der Waals surface area contributed by atoms with Gasteiger partial charge in [-0.3, -0.25) is 4.79 Å². The Morgan fingerprint density at radius 2 is 1.88 bits per heavy atom. The van der Waals surface area contributed by atoms with Crippen molar-refractivity contribution in [2.24, 2.45) is 0 Å². The van der Waals surface area contributed by atoms with E-state index < -0.39 is 0 Å². The maximum atomic E-state index is 12.0. The molecular formula is C11H5Cl3OS. The molecule has 0 fully saturated rings. The number of ketones is 1. The number of halogens is 3. The molecule has 2 aromatic rings. The Balaban J connectivity index is 2.43. The lowest BCUT2D eigenvalue weighted by atomic mass is 10.1. The summed E-state index contributed by atoms with van der Waals surface area (Å²) in [5, 5.41) is 0.517. The number of hydrogen-bond donors (Lipinski definition) is 0. The molecule has 0 saturated carbocycles. The quantitative estimate of drug-likeness (QED) is 0.716. The van der Waals surface area contributed by atoms with Crippen LogP contribution in [0.2, 0.25) is 13.7 Å². The van der Waals surface area contributed by atoms with Crippen molar-refractivity contribution in [1.82, 2.24) is 0 Å². The molecule has 1 nitrogen and oxygen atoms in total. The summed E-state index contributed by atoms with van der Waals surface area (Å²) in [6.07, 6.45) is 0. The molecule has 82 valence electrons. The van der Waals surface area contributed by atoms with Gasteiger partial charge < -0.3 is 0 Å². The fourth-order valence-corrected chi connectivity index (χ4v) is 2.93. The van der Waals surface area contributed by atoms with E-state index in [1.807, 2.05) is 0 Å². The van der Waals surface area contributed by atoms with Crippen LogP contribution in [0.15, 0.2) is 30.3 Å². The lowest BCUT2D eigenvalue weighted by Crippen LogP contribution is -1.99. The smallest absolute Gasteiger partial charge is 0.195 e. The number of rotatable bonds is 2. The van der Waals surface area contributed by atoms with Gasteiger partial charge in [0.05, 0.1) is 9.90 Å². The zero-order chi connectivity index (χ0) is 11.7. The van der Waals surface area contributed by atoms with Gasteiger partial charge in [-0.05, 0) is 18.2 Å². The highest BCUT2D eigenvalue weighted by atomic mass is 35.5. The second kappa shape index (κ2) is 4.76. The van der Waals surface area contributed by atoms with Crippen molar-refractivity contribution in [3.05, 3.63) is 55.2 Å². The molecule has 1 aromatic carbocycles. The maximum Gasteiger partial charge on any atom is 0.195 e. The maximum absolute atomic E-state index is 12.0. The SMILES string of the molecule is O=C(c1cccc(Cl)c1)c1cc(Cl)sc1Cl. The summed E-state index contributed by atoms with van der Waals surface area (Å²) in [7, 11) is 0. The van der Waals surface area contributed by atoms with Gasteiger partial charge in [-0.2, -0.15) is 0 Å². The van der Waals surface area contributed by atoms with Gasteiger partial charge in [-0.25, -0.2) is 0 Å². The van der Waals surface area contributed by atoms with Crippen LogP contribution in [-0.4, -0.2) is 5.78 Å². The van der Waals surface area contributed by atoms with E-state index in [9.17, 15) is 4.79 Å². The average molecular weight is 292 g/mol. The van der Waals surface area contributed by atoms with E-state index in [1.165, 1.54) is 11.3 Å². The Hall–Kier alpha value is -0.540. The van der Waals surface area contributed by atoms with Gasteiger partial charge in [0.1, 0.15) is 4.34 Å². The Kier molecular flexibility index (Phi) is 3.55. The molecule has 0 atom stereocenters. The molecule has 0 aliphatic heterocycles. The first-order valence-electron chi connectivity index (χ1n) is 4.33. The molecular weight excluding hydrogens is 287 g/mol. The Morgan fingerprint density at radius 3 is 2.44 bits per heavy atom. The topological polar surface area (TPSA) is 17.1 Å². The summed E-state index contributed by atoms with van der Waals surface area (Å²) in [6, 6.07) is 8.29. The summed E-state index contributed by atoms with van der Waals surface area (Å²) >= 11 is 18.7. The van der Waals surface area contributed by atoms with E-state index in [1.54, 1.807) is 30.3 Å². The van der Waals surface area contributed by atoms with E-state index in [2.05, 4.69) is 0 Å². The standard InChI is InChI=1S/C11H5Cl3OS/c12-7-3-1-2-6(4-7)10(15)8-5-9(13)16-11(8)14/h1-5H. The van der Waals surface area contributed by atoms with Crippen LogP contribution in [-0.2, 0) is 0 Å². The first-order valence-corrected chi connectivity index (χ1v) is 6.28. The molecule has 0 aliphatic rings. The third kappa shape index (κ3) is 2.41. The van der Waals surface area contributed by atoms with Crippen LogP contribution in [0.4, 0.5) is 0 Å². The van der Waals surface area contributed by atoms with Crippen molar-refractivity contribution in [1.29, 1.82) is 0 Å². The fourth-order valence-electron chi connectivity index (χ4n) is 1.28. The molecule has 2 rings (SSSR count). The fraction of sp³-hybridized carbons (Fsp3) is 0. The summed E-state index contributed by atoms with van der Waals surface area (Å²) in [4.78, 5) is 12.0. The minimum absolute atomic E-state index is 0.171. The minimum atomic E-state index is -0.171. The Labute approximate surface area is 112 Å². The minimum Gasteiger partial charge on any atom is -0.289 e. The van der Waals surface area contributed by atoms with E-state index in [4.69, 9.17) is 34.8 Å². The number of carbonyl (C=O) groups excluding carboxylic acids is 1. The molecule has 0 unspecified atom stereocenters. The highest BCUT2D eigenvalue weighted by Crippen LogP contribution is 2.32. The third-order valence-corrected chi connectivity index (χ3v) is 3.71. The summed E-state index contributed by atoms with van der Waals surface area (Å²) in [5.41, 5.74) is 0.919. The highest BCUT2D eigenvalue weighted by molar-refractivity contribution is 7.20. The number of benzene rings is 1. The average Bonchev–Trinajstić information content (AvgIpc) is 2.57. The zero-order valence-electron chi connectivity index (χ0n) is 7.84. The molecule has 5 heteroatoms. The van der Waals surface area contributed by atoms with Crippen LogP contribution < -0.4 is 0 Å². The van der Waals surface area contributed by atoms with Crippen LogP contribution in [0.1, 0.15) is 15.9 Å². The van der Waals surface area contributed by atoms with Gasteiger partial charge in [0.2, 0.25) is 0 Å². The van der Waals surface area contributed by atoms with Crippen molar-refractivity contribution in [2.75, 3.05) is 0 Å². The largest absolute Gasteiger partial charge is 0.289 e. The first kappa shape index (κ1) is 11.9. The predicted octanol–water partition coefficient (Wildman–Crippen LogP) is 4.94. The monoisotopic (exact) mass is 290 g/mol. The second-order valence-electron chi connectivity index (χ2n) is 3.08. The Bertz CT molecular complexity index is 548. The number of thiophene rings is 1. The van der Waals surface area contributed by atoms with Crippen molar-refractivity contribution in [3.63, 3.8) is 0 Å². The number of hydrogen-bond acceptors (Lipinski definition) is 2. The van der Waals surface area contributed by atoms with Gasteiger partial charge >= 0.3 is 0 Å². The summed E-state index contributed by atoms with van der Waals surface area (Å²) in [5.74, 6) is -0.171. The van der Waals surface area contributed by atoms with Gasteiger partial charge in [0.25, 0.3) is 0 Å². The van der Waals surface area contributed by atoms with Crippen LogP contribution >= 0.6 is 46.1 Å². The zero-order valence-corrected chi connectivity index (χ0v) is 10.9. The van der Waals surface area contributed by atoms with E-state index in [0.717, 1.165) is 0 Å². The van der Waals surface area contributed by atoms with Crippen molar-refractivity contribution < 1.29 is 4.79 Å². The third-order valence-electron chi connectivity index (χ3n) is 1.99. The molecule has 0 N–H and O–H groups in total. The van der Waals surface area contributed by atoms with Crippen molar-refractivity contribution in [2.45, 2.75) is 0 Å². The molecule has 16 heavy (non-hydrogen) atoms. The van der Waals surface area contributed by atoms with Crippen LogP contribution in [0, 0.1) is 0 Å². The van der Waals surface area contributed by atoms with Crippen molar-refractivity contribution in [3.8, 4) is 0 Å². The van der Waals surface area contributed by atoms with Crippen LogP contribution in [0.3, 0.4) is 0 Å². The molecule has 0 saturated heterocycles. The van der Waals surface area contributed by atoms with Gasteiger partial charge in [0, 0.05) is 10.6 Å². The number of carbonyl (C=O) groups is 1. The van der Waals surface area contributed by atoms with E-state index >= 15 is 0 Å². The molecule has 1 aromatic heterocycles. The lowest BCUT2D eigenvalue weighted by molar-refractivity contribution is 0.103. The summed E-state index contributed by atoms with van der Waals surface area (Å²) < 4.78 is 0.894. The molecule has 0 radical (unpaired) electrons. The molecule has 0 aliphatic carbocycles. The van der Waals surface area contributed by atoms with Gasteiger partial charge in [-0.1, -0.05) is 46.9 Å². The highest BCUT2D eigenvalue weighted by Gasteiger charge is 2.16. The Morgan fingerprint density at radius 1 is 1.12 bits per heavy atom. The molecule has 0 amide bonds. The van der Waals surface area contributed by atoms with Crippen LogP contribution in [0.5, 0.6) is 0 Å². The predicted molar refractivity (Wildman–Crippen MR) is 69.2 cm³/mol. The van der Waals surface area contributed by atoms with E-state index in [-0.39, 0.29) is 5.78 Å². The van der Waals surface area contributed by atoms with Gasteiger partial charge in [-0.15, -0.1) is 11.3 Å². The normalized spacial score (nSPS) is 10.4. The first-order chi connectivity index (χ1) is 7.58. The molecule has 0 bridgehead atoms. The molecule has 1 heterocycles. The molecule has 0 spiro atoms. The van der Waals surface area contributed by atoms with E-state index in [0.29, 0.717) is 24.8 Å². The van der Waals surface area contributed by atoms with Crippen LogP contribution in [0.25, 0.3) is 0 Å². The second-order valence-corrected chi connectivity index (χ2v) is 5.80. The lowest BCUT2D eigenvalue weighted by Gasteiger charge is -1.99. The van der Waals surface area contributed by atoms with Crippen molar-refractivity contribution >= 4 is 51.9 Å². The van der Waals surface area contributed by atoms with Gasteiger partial charge in [0.15, 0.2) is 5.78 Å². The summed E-state index contributed by atoms with van der Waals surface area (Å²) in [6.45, 7) is 0.